The highest BCUT2D eigenvalue weighted by atomic mass is 16.4. The lowest BCUT2D eigenvalue weighted by Crippen LogP contribution is -2.58. The van der Waals surface area contributed by atoms with E-state index in [0.29, 0.717) is 19.4 Å². The number of hydrogen-bond donors (Lipinski definition) is 2. The molecule has 2 N–H and O–H groups in total. The number of carboxylic acids is 1. The Kier molecular flexibility index (Phi) is 3.90. The van der Waals surface area contributed by atoms with Gasteiger partial charge in [0.2, 0.25) is 5.91 Å². The molecule has 1 unspecified atom stereocenters. The first-order valence-electron chi connectivity index (χ1n) is 6.90. The van der Waals surface area contributed by atoms with Gasteiger partial charge in [-0.1, -0.05) is 13.3 Å². The van der Waals surface area contributed by atoms with Crippen LogP contribution < -0.4 is 5.32 Å². The first kappa shape index (κ1) is 13.3. The molecule has 5 heteroatoms. The van der Waals surface area contributed by atoms with E-state index >= 15 is 0 Å². The summed E-state index contributed by atoms with van der Waals surface area (Å²) in [5, 5.41) is 12.7. The van der Waals surface area contributed by atoms with Crippen LogP contribution in [0.4, 0.5) is 0 Å². The SMILES string of the molecule is CCC1(C(=O)O)CCCN1C(=O)[C@@H]1CCCCN1. The average Bonchev–Trinajstić information content (AvgIpc) is 2.84. The number of aliphatic carboxylic acids is 1. The van der Waals surface area contributed by atoms with Crippen LogP contribution in [0.25, 0.3) is 0 Å². The third kappa shape index (κ3) is 2.11. The Morgan fingerprint density at radius 3 is 2.72 bits per heavy atom. The second-order valence-corrected chi connectivity index (χ2v) is 5.29. The van der Waals surface area contributed by atoms with Crippen molar-refractivity contribution < 1.29 is 14.7 Å². The van der Waals surface area contributed by atoms with E-state index in [4.69, 9.17) is 0 Å². The topological polar surface area (TPSA) is 69.6 Å². The summed E-state index contributed by atoms with van der Waals surface area (Å²) in [5.74, 6) is -0.872. The van der Waals surface area contributed by atoms with Crippen molar-refractivity contribution in [3.05, 3.63) is 0 Å². The summed E-state index contributed by atoms with van der Waals surface area (Å²) in [6.45, 7) is 3.29. The maximum atomic E-state index is 12.5. The molecule has 0 saturated carbocycles. The molecule has 2 heterocycles. The maximum absolute atomic E-state index is 12.5. The molecule has 0 bridgehead atoms. The van der Waals surface area contributed by atoms with E-state index < -0.39 is 11.5 Å². The largest absolute Gasteiger partial charge is 0.479 e. The van der Waals surface area contributed by atoms with E-state index in [1.807, 2.05) is 6.92 Å². The fraction of sp³-hybridized carbons (Fsp3) is 0.846. The van der Waals surface area contributed by atoms with Crippen molar-refractivity contribution in [3.63, 3.8) is 0 Å². The van der Waals surface area contributed by atoms with Crippen LogP contribution >= 0.6 is 0 Å². The number of carbonyl (C=O) groups excluding carboxylic acids is 1. The van der Waals surface area contributed by atoms with Crippen LogP contribution in [0.1, 0.15) is 45.4 Å². The normalized spacial score (nSPS) is 32.5. The lowest BCUT2D eigenvalue weighted by Gasteiger charge is -2.37. The van der Waals surface area contributed by atoms with Gasteiger partial charge in [0.05, 0.1) is 6.04 Å². The van der Waals surface area contributed by atoms with Gasteiger partial charge in [-0.3, -0.25) is 4.79 Å². The molecule has 2 fully saturated rings. The van der Waals surface area contributed by atoms with Gasteiger partial charge in [0, 0.05) is 6.54 Å². The molecule has 2 aliphatic heterocycles. The first-order valence-corrected chi connectivity index (χ1v) is 6.90. The van der Waals surface area contributed by atoms with Crippen LogP contribution in [0.15, 0.2) is 0 Å². The highest BCUT2D eigenvalue weighted by molar-refractivity contribution is 5.90. The minimum atomic E-state index is -0.962. The van der Waals surface area contributed by atoms with Crippen molar-refractivity contribution in [2.45, 2.75) is 57.0 Å². The van der Waals surface area contributed by atoms with E-state index in [-0.39, 0.29) is 11.9 Å². The smallest absolute Gasteiger partial charge is 0.329 e. The number of likely N-dealkylation sites (tertiary alicyclic amines) is 1. The fourth-order valence-corrected chi connectivity index (χ4v) is 3.19. The van der Waals surface area contributed by atoms with Gasteiger partial charge < -0.3 is 15.3 Å². The Bertz CT molecular complexity index is 339. The van der Waals surface area contributed by atoms with Crippen LogP contribution in [0.3, 0.4) is 0 Å². The number of rotatable bonds is 3. The van der Waals surface area contributed by atoms with Gasteiger partial charge in [-0.05, 0) is 38.6 Å². The zero-order valence-electron chi connectivity index (χ0n) is 10.9. The molecular weight excluding hydrogens is 232 g/mol. The minimum Gasteiger partial charge on any atom is -0.479 e. The van der Waals surface area contributed by atoms with Crippen molar-refractivity contribution in [1.29, 1.82) is 0 Å². The summed E-state index contributed by atoms with van der Waals surface area (Å²) < 4.78 is 0. The van der Waals surface area contributed by atoms with E-state index in [9.17, 15) is 14.7 Å². The number of piperidine rings is 1. The van der Waals surface area contributed by atoms with Gasteiger partial charge in [-0.2, -0.15) is 0 Å². The maximum Gasteiger partial charge on any atom is 0.329 e. The average molecular weight is 254 g/mol. The summed E-state index contributed by atoms with van der Waals surface area (Å²) in [6.07, 6.45) is 4.83. The molecule has 18 heavy (non-hydrogen) atoms. The number of nitrogens with zero attached hydrogens (tertiary/aromatic N) is 1. The van der Waals surface area contributed by atoms with E-state index in [2.05, 4.69) is 5.32 Å². The molecule has 0 aromatic heterocycles. The van der Waals surface area contributed by atoms with Crippen molar-refractivity contribution >= 4 is 11.9 Å². The lowest BCUT2D eigenvalue weighted by atomic mass is 9.92. The summed E-state index contributed by atoms with van der Waals surface area (Å²) in [6, 6.07) is -0.179. The number of carboxylic acid groups (broad SMARTS) is 1. The van der Waals surface area contributed by atoms with Crippen LogP contribution in [0.5, 0.6) is 0 Å². The van der Waals surface area contributed by atoms with Gasteiger partial charge in [0.1, 0.15) is 5.54 Å². The highest BCUT2D eigenvalue weighted by Crippen LogP contribution is 2.33. The van der Waals surface area contributed by atoms with Crippen molar-refractivity contribution in [1.82, 2.24) is 10.2 Å². The van der Waals surface area contributed by atoms with Gasteiger partial charge in [0.25, 0.3) is 0 Å². The number of carbonyl (C=O) groups is 2. The Balaban J connectivity index is 2.15. The molecule has 2 aliphatic rings. The minimum absolute atomic E-state index is 0.0172. The number of hydrogen-bond acceptors (Lipinski definition) is 3. The lowest BCUT2D eigenvalue weighted by molar-refractivity contribution is -0.157. The Morgan fingerprint density at radius 1 is 1.39 bits per heavy atom. The molecule has 102 valence electrons. The Hall–Kier alpha value is -1.10. The third-order valence-corrected chi connectivity index (χ3v) is 4.35. The monoisotopic (exact) mass is 254 g/mol. The Morgan fingerprint density at radius 2 is 2.17 bits per heavy atom. The van der Waals surface area contributed by atoms with Gasteiger partial charge in [-0.25, -0.2) is 4.79 Å². The summed E-state index contributed by atoms with van der Waals surface area (Å²) in [5.41, 5.74) is -0.962. The predicted molar refractivity (Wildman–Crippen MR) is 67.2 cm³/mol. The van der Waals surface area contributed by atoms with Crippen molar-refractivity contribution in [3.8, 4) is 0 Å². The molecule has 0 radical (unpaired) electrons. The van der Waals surface area contributed by atoms with Crippen molar-refractivity contribution in [2.24, 2.45) is 0 Å². The number of nitrogens with one attached hydrogen (secondary N) is 1. The van der Waals surface area contributed by atoms with E-state index in [1.165, 1.54) is 0 Å². The van der Waals surface area contributed by atoms with Gasteiger partial charge >= 0.3 is 5.97 Å². The second kappa shape index (κ2) is 5.26. The predicted octanol–water partition coefficient (Wildman–Crippen LogP) is 0.984. The summed E-state index contributed by atoms with van der Waals surface area (Å²) >= 11 is 0. The van der Waals surface area contributed by atoms with Crippen LogP contribution in [-0.2, 0) is 9.59 Å². The summed E-state index contributed by atoms with van der Waals surface area (Å²) in [4.78, 5) is 25.6. The summed E-state index contributed by atoms with van der Waals surface area (Å²) in [7, 11) is 0. The third-order valence-electron chi connectivity index (χ3n) is 4.35. The first-order chi connectivity index (χ1) is 8.62. The Labute approximate surface area is 108 Å². The van der Waals surface area contributed by atoms with E-state index in [0.717, 1.165) is 32.2 Å². The molecule has 1 amide bonds. The zero-order chi connectivity index (χ0) is 13.2. The molecule has 2 atom stereocenters. The molecule has 0 aliphatic carbocycles. The van der Waals surface area contributed by atoms with Crippen LogP contribution in [0, 0.1) is 0 Å². The molecule has 5 nitrogen and oxygen atoms in total. The zero-order valence-corrected chi connectivity index (χ0v) is 10.9. The molecule has 2 saturated heterocycles. The highest BCUT2D eigenvalue weighted by Gasteiger charge is 2.49. The standard InChI is InChI=1S/C13H22N2O3/c1-2-13(12(17)18)7-5-9-15(13)11(16)10-6-3-4-8-14-10/h10,14H,2-9H2,1H3,(H,17,18)/t10-,13?/m0/s1. The molecule has 0 aromatic rings. The van der Waals surface area contributed by atoms with E-state index in [1.54, 1.807) is 4.90 Å². The van der Waals surface area contributed by atoms with Gasteiger partial charge in [-0.15, -0.1) is 0 Å². The molecule has 0 spiro atoms. The second-order valence-electron chi connectivity index (χ2n) is 5.29. The molecular formula is C13H22N2O3. The van der Waals surface area contributed by atoms with Crippen LogP contribution in [0.2, 0.25) is 0 Å². The quantitative estimate of drug-likeness (QED) is 0.788. The number of amides is 1. The van der Waals surface area contributed by atoms with Crippen LogP contribution in [-0.4, -0.2) is 46.6 Å². The van der Waals surface area contributed by atoms with Crippen molar-refractivity contribution in [2.75, 3.05) is 13.1 Å². The van der Waals surface area contributed by atoms with Gasteiger partial charge in [0.15, 0.2) is 0 Å². The molecule has 2 rings (SSSR count). The molecule has 0 aromatic carbocycles. The fourth-order valence-electron chi connectivity index (χ4n) is 3.19.